The van der Waals surface area contributed by atoms with E-state index in [1.165, 1.54) is 11.3 Å². The number of alkyl halides is 2. The molecule has 0 aromatic carbocycles. The van der Waals surface area contributed by atoms with Crippen LogP contribution in [-0.2, 0) is 4.79 Å². The normalized spacial score (nSPS) is 35.2. The van der Waals surface area contributed by atoms with Gasteiger partial charge in [-0.1, -0.05) is 6.42 Å². The van der Waals surface area contributed by atoms with Crippen LogP contribution in [0.15, 0.2) is 0 Å². The fourth-order valence-corrected chi connectivity index (χ4v) is 4.18. The Kier molecular flexibility index (Phi) is 5.47. The number of carbonyl (C=O) groups excluding carboxylic acids is 1. The number of carbonyl (C=O) groups is 1. The summed E-state index contributed by atoms with van der Waals surface area (Å²) in [6.07, 6.45) is 4.36. The van der Waals surface area contributed by atoms with Crippen LogP contribution >= 0.6 is 12.4 Å². The largest absolute Gasteiger partial charge is 0.334 e. The average Bonchev–Trinajstić information content (AvgIpc) is 3.18. The molecule has 6 heteroatoms. The van der Waals surface area contributed by atoms with Crippen LogP contribution in [0.2, 0.25) is 0 Å². The molecule has 3 saturated carbocycles. The zero-order valence-corrected chi connectivity index (χ0v) is 13.0. The molecule has 0 spiro atoms. The third-order valence-corrected chi connectivity index (χ3v) is 5.37. The molecule has 0 aromatic heterocycles. The quantitative estimate of drug-likeness (QED) is 0.865. The molecule has 0 saturated heterocycles. The Labute approximate surface area is 131 Å². The van der Waals surface area contributed by atoms with Crippen LogP contribution in [-0.4, -0.2) is 35.9 Å². The fraction of sp³-hybridized carbons (Fsp3) is 0.933. The molecular formula is C15H25ClF2N2O. The second-order valence-corrected chi connectivity index (χ2v) is 6.81. The summed E-state index contributed by atoms with van der Waals surface area (Å²) in [4.78, 5) is 14.1. The van der Waals surface area contributed by atoms with E-state index in [0.717, 1.165) is 38.5 Å². The molecule has 0 radical (unpaired) electrons. The third kappa shape index (κ3) is 3.67. The van der Waals surface area contributed by atoms with E-state index >= 15 is 0 Å². The van der Waals surface area contributed by atoms with Crippen molar-refractivity contribution in [1.82, 2.24) is 4.90 Å². The lowest BCUT2D eigenvalue weighted by atomic mass is 9.65. The Morgan fingerprint density at radius 1 is 1.14 bits per heavy atom. The summed E-state index contributed by atoms with van der Waals surface area (Å²) in [5.41, 5.74) is 6.23. The van der Waals surface area contributed by atoms with Gasteiger partial charge in [0, 0.05) is 18.0 Å². The number of hydrogen-bond acceptors (Lipinski definition) is 2. The van der Waals surface area contributed by atoms with Crippen molar-refractivity contribution in [1.29, 1.82) is 0 Å². The van der Waals surface area contributed by atoms with Gasteiger partial charge in [0.2, 0.25) is 5.91 Å². The zero-order valence-electron chi connectivity index (χ0n) is 12.2. The molecule has 3 fully saturated rings. The minimum Gasteiger partial charge on any atom is -0.334 e. The predicted octanol–water partition coefficient (Wildman–Crippen LogP) is 2.82. The lowest BCUT2D eigenvalue weighted by molar-refractivity contribution is -0.141. The van der Waals surface area contributed by atoms with Gasteiger partial charge in [0.25, 0.3) is 6.43 Å². The summed E-state index contributed by atoms with van der Waals surface area (Å²) in [6.45, 7) is -0.388. The summed E-state index contributed by atoms with van der Waals surface area (Å²) < 4.78 is 25.4. The molecule has 21 heavy (non-hydrogen) atoms. The van der Waals surface area contributed by atoms with Crippen LogP contribution < -0.4 is 5.73 Å². The first-order valence-electron chi connectivity index (χ1n) is 7.90. The lowest BCUT2D eigenvalue weighted by Gasteiger charge is -2.44. The second kappa shape index (κ2) is 6.78. The molecule has 2 unspecified atom stereocenters. The van der Waals surface area contributed by atoms with Gasteiger partial charge in [0.1, 0.15) is 0 Å². The molecule has 2 atom stereocenters. The van der Waals surface area contributed by atoms with Crippen molar-refractivity contribution >= 4 is 18.3 Å². The Morgan fingerprint density at radius 2 is 1.71 bits per heavy atom. The van der Waals surface area contributed by atoms with Gasteiger partial charge in [-0.3, -0.25) is 4.79 Å². The monoisotopic (exact) mass is 322 g/mol. The van der Waals surface area contributed by atoms with E-state index in [-0.39, 0.29) is 42.9 Å². The third-order valence-electron chi connectivity index (χ3n) is 5.37. The summed E-state index contributed by atoms with van der Waals surface area (Å²) >= 11 is 0. The minimum atomic E-state index is -2.43. The summed E-state index contributed by atoms with van der Waals surface area (Å²) in [6, 6.07) is 0.296. The fourth-order valence-electron chi connectivity index (χ4n) is 4.18. The van der Waals surface area contributed by atoms with Crippen molar-refractivity contribution in [3.05, 3.63) is 0 Å². The number of hydrogen-bond donors (Lipinski definition) is 1. The van der Waals surface area contributed by atoms with E-state index in [0.29, 0.717) is 11.8 Å². The first-order valence-corrected chi connectivity index (χ1v) is 7.90. The molecule has 3 aliphatic carbocycles. The topological polar surface area (TPSA) is 46.3 Å². The zero-order chi connectivity index (χ0) is 14.3. The van der Waals surface area contributed by atoms with Gasteiger partial charge in [-0.2, -0.15) is 0 Å². The average molecular weight is 323 g/mol. The van der Waals surface area contributed by atoms with Crippen molar-refractivity contribution in [2.75, 3.05) is 6.54 Å². The van der Waals surface area contributed by atoms with Crippen LogP contribution in [0, 0.1) is 17.8 Å². The van der Waals surface area contributed by atoms with Crippen molar-refractivity contribution in [3.8, 4) is 0 Å². The smallest absolute Gasteiger partial charge is 0.255 e. The van der Waals surface area contributed by atoms with Crippen molar-refractivity contribution in [3.63, 3.8) is 0 Å². The maximum Gasteiger partial charge on any atom is 0.255 e. The Hall–Kier alpha value is -0.420. The lowest BCUT2D eigenvalue weighted by Crippen LogP contribution is -2.50. The first kappa shape index (κ1) is 16.9. The highest BCUT2D eigenvalue weighted by Crippen LogP contribution is 2.43. The highest BCUT2D eigenvalue weighted by atomic mass is 35.5. The SMILES string of the molecule is Cl.NC1C2CCCC1CC(C(=O)N(CC(F)F)C1CC1)C2. The Balaban J connectivity index is 0.00000161. The number of amides is 1. The van der Waals surface area contributed by atoms with Gasteiger partial charge in [0.15, 0.2) is 0 Å². The number of halogens is 3. The van der Waals surface area contributed by atoms with Gasteiger partial charge in [0.05, 0.1) is 6.54 Å². The highest BCUT2D eigenvalue weighted by molar-refractivity contribution is 5.85. The molecule has 0 aromatic rings. The molecule has 1 amide bonds. The van der Waals surface area contributed by atoms with Gasteiger partial charge < -0.3 is 10.6 Å². The summed E-state index contributed by atoms with van der Waals surface area (Å²) in [5.74, 6) is 0.745. The number of fused-ring (bicyclic) bond motifs is 2. The minimum absolute atomic E-state index is 0. The molecule has 3 nitrogen and oxygen atoms in total. The summed E-state index contributed by atoms with van der Waals surface area (Å²) in [7, 11) is 0. The van der Waals surface area contributed by atoms with Crippen molar-refractivity contribution in [2.24, 2.45) is 23.5 Å². The molecular weight excluding hydrogens is 298 g/mol. The van der Waals surface area contributed by atoms with E-state index in [1.54, 1.807) is 0 Å². The molecule has 0 heterocycles. The van der Waals surface area contributed by atoms with Gasteiger partial charge in [-0.25, -0.2) is 8.78 Å². The molecule has 2 N–H and O–H groups in total. The van der Waals surface area contributed by atoms with Crippen LogP contribution in [0.3, 0.4) is 0 Å². The van der Waals surface area contributed by atoms with Crippen molar-refractivity contribution in [2.45, 2.75) is 63.5 Å². The molecule has 122 valence electrons. The Morgan fingerprint density at radius 3 is 2.19 bits per heavy atom. The van der Waals surface area contributed by atoms with E-state index in [9.17, 15) is 13.6 Å². The molecule has 3 aliphatic rings. The first-order chi connectivity index (χ1) is 9.56. The van der Waals surface area contributed by atoms with Gasteiger partial charge in [-0.15, -0.1) is 12.4 Å². The van der Waals surface area contributed by atoms with Crippen LogP contribution in [0.4, 0.5) is 8.78 Å². The van der Waals surface area contributed by atoms with E-state index in [1.807, 2.05) is 0 Å². The van der Waals surface area contributed by atoms with Crippen LogP contribution in [0.5, 0.6) is 0 Å². The number of nitrogens with zero attached hydrogens (tertiary/aromatic N) is 1. The van der Waals surface area contributed by atoms with Gasteiger partial charge >= 0.3 is 0 Å². The molecule has 3 rings (SSSR count). The Bertz CT molecular complexity index is 365. The van der Waals surface area contributed by atoms with E-state index < -0.39 is 6.43 Å². The highest BCUT2D eigenvalue weighted by Gasteiger charge is 2.44. The maximum atomic E-state index is 12.7. The van der Waals surface area contributed by atoms with Gasteiger partial charge in [-0.05, 0) is 50.4 Å². The number of rotatable bonds is 4. The van der Waals surface area contributed by atoms with Crippen LogP contribution in [0.1, 0.15) is 44.9 Å². The number of nitrogens with two attached hydrogens (primary N) is 1. The van der Waals surface area contributed by atoms with Crippen LogP contribution in [0.25, 0.3) is 0 Å². The van der Waals surface area contributed by atoms with E-state index in [4.69, 9.17) is 5.73 Å². The molecule has 2 bridgehead atoms. The van der Waals surface area contributed by atoms with Crippen molar-refractivity contribution < 1.29 is 13.6 Å². The van der Waals surface area contributed by atoms with E-state index in [2.05, 4.69) is 0 Å². The maximum absolute atomic E-state index is 12.7. The summed E-state index contributed by atoms with van der Waals surface area (Å²) in [5, 5.41) is 0. The predicted molar refractivity (Wildman–Crippen MR) is 79.5 cm³/mol. The standard InChI is InChI=1S/C15H24F2N2O.ClH/c16-13(17)8-19(12-4-5-12)15(20)11-6-9-2-1-3-10(7-11)14(9)18;/h9-14H,1-8,18H2;1H. The second-order valence-electron chi connectivity index (χ2n) is 6.81. The molecule has 0 aliphatic heterocycles.